The van der Waals surface area contributed by atoms with E-state index >= 15 is 0 Å². The molecule has 3 rings (SSSR count). The smallest absolute Gasteiger partial charge is 0.416 e. The van der Waals surface area contributed by atoms with Gasteiger partial charge in [0.1, 0.15) is 0 Å². The monoisotopic (exact) mass is 620 g/mol. The van der Waals surface area contributed by atoms with Gasteiger partial charge in [-0.2, -0.15) is 17.5 Å². The maximum absolute atomic E-state index is 13.6. The third kappa shape index (κ3) is 10.2. The van der Waals surface area contributed by atoms with E-state index in [0.717, 1.165) is 35.7 Å². The zero-order chi connectivity index (χ0) is 31.8. The Morgan fingerprint density at radius 1 is 0.953 bits per heavy atom. The van der Waals surface area contributed by atoms with Gasteiger partial charge in [-0.25, -0.2) is 8.42 Å². The molecule has 3 aromatic carbocycles. The van der Waals surface area contributed by atoms with Gasteiger partial charge in [-0.15, -0.1) is 0 Å². The van der Waals surface area contributed by atoms with Crippen LogP contribution in [-0.4, -0.2) is 60.7 Å². The summed E-state index contributed by atoms with van der Waals surface area (Å²) in [6, 6.07) is 18.7. The molecule has 3 aromatic rings. The highest BCUT2D eigenvalue weighted by Crippen LogP contribution is 2.37. The fraction of sp³-hybridized carbons (Fsp3) is 0.406. The summed E-state index contributed by atoms with van der Waals surface area (Å²) in [6.07, 6.45) is -3.19. The molecule has 0 amide bonds. The van der Waals surface area contributed by atoms with E-state index in [9.17, 15) is 31.5 Å². The van der Waals surface area contributed by atoms with Crippen LogP contribution >= 0.6 is 0 Å². The van der Waals surface area contributed by atoms with Gasteiger partial charge in [0, 0.05) is 37.7 Å². The molecule has 0 saturated carbocycles. The first kappa shape index (κ1) is 34.2. The minimum Gasteiger partial charge on any atom is -0.481 e. The van der Waals surface area contributed by atoms with E-state index in [2.05, 4.69) is 17.4 Å². The van der Waals surface area contributed by atoms with E-state index in [1.807, 2.05) is 32.0 Å². The molecule has 0 aliphatic rings. The second kappa shape index (κ2) is 14.5. The molecule has 0 unspecified atom stereocenters. The van der Waals surface area contributed by atoms with E-state index in [1.54, 1.807) is 12.1 Å². The topological polar surface area (TPSA) is 107 Å². The van der Waals surface area contributed by atoms with Gasteiger partial charge < -0.3 is 15.5 Å². The molecule has 0 spiro atoms. The van der Waals surface area contributed by atoms with Crippen molar-refractivity contribution >= 4 is 16.0 Å². The van der Waals surface area contributed by atoms with Crippen molar-refractivity contribution in [1.29, 1.82) is 0 Å². The van der Waals surface area contributed by atoms with Crippen LogP contribution in [0.15, 0.2) is 77.7 Å². The molecule has 0 radical (unpaired) electrons. The third-order valence-electron chi connectivity index (χ3n) is 7.25. The number of alkyl halides is 3. The van der Waals surface area contributed by atoms with E-state index < -0.39 is 33.8 Å². The standard InChI is InChI=1S/C32H39F3N2O5S/c1-31(2,18-8-12-23-9-5-4-6-10-23)36-21-27(38)22-37(3)43(41,42)29-16-15-26(32(33,34)35)20-28(29)25-13-7-11-24(19-25)14-17-30(39)40/h4-7,9-11,13,15-16,19-20,27,36,38H,8,12,14,17-18,21-22H2,1-3H3,(H,39,40)/t27-/m1/s1. The number of nitrogens with one attached hydrogen (secondary N) is 1. The number of aryl methyl sites for hydroxylation is 2. The number of carboxylic acid groups (broad SMARTS) is 1. The first-order valence-electron chi connectivity index (χ1n) is 14.0. The number of carboxylic acids is 1. The van der Waals surface area contributed by atoms with Crippen molar-refractivity contribution in [2.45, 2.75) is 68.7 Å². The Kier molecular flexibility index (Phi) is 11.5. The molecule has 0 heterocycles. The van der Waals surface area contributed by atoms with Gasteiger partial charge in [0.2, 0.25) is 10.0 Å². The number of hydrogen-bond donors (Lipinski definition) is 3. The summed E-state index contributed by atoms with van der Waals surface area (Å²) in [7, 11) is -3.06. The van der Waals surface area contributed by atoms with Gasteiger partial charge in [0.15, 0.2) is 0 Å². The number of hydrogen-bond acceptors (Lipinski definition) is 5. The number of aliphatic carboxylic acids is 1. The molecule has 1 atom stereocenters. The lowest BCUT2D eigenvalue weighted by Crippen LogP contribution is -2.46. The maximum Gasteiger partial charge on any atom is 0.416 e. The molecule has 0 bridgehead atoms. The molecular formula is C32H39F3N2O5S. The molecule has 43 heavy (non-hydrogen) atoms. The highest BCUT2D eigenvalue weighted by molar-refractivity contribution is 7.89. The molecule has 0 saturated heterocycles. The highest BCUT2D eigenvalue weighted by atomic mass is 32.2. The molecule has 3 N–H and O–H groups in total. The summed E-state index contributed by atoms with van der Waals surface area (Å²) >= 11 is 0. The van der Waals surface area contributed by atoms with Crippen molar-refractivity contribution in [3.05, 3.63) is 89.5 Å². The van der Waals surface area contributed by atoms with Crippen molar-refractivity contribution in [3.8, 4) is 11.1 Å². The van der Waals surface area contributed by atoms with Crippen molar-refractivity contribution in [1.82, 2.24) is 9.62 Å². The summed E-state index contributed by atoms with van der Waals surface area (Å²) in [5.41, 5.74) is 0.492. The second-order valence-corrected chi connectivity index (χ2v) is 13.4. The highest BCUT2D eigenvalue weighted by Gasteiger charge is 2.34. The Bertz CT molecular complexity index is 1480. The fourth-order valence-electron chi connectivity index (χ4n) is 4.79. The van der Waals surface area contributed by atoms with Crippen LogP contribution in [0.1, 0.15) is 49.8 Å². The summed E-state index contributed by atoms with van der Waals surface area (Å²) in [5, 5.41) is 23.0. The number of likely N-dealkylation sites (N-methyl/N-ethyl adjacent to an activating group) is 1. The molecule has 0 fully saturated rings. The first-order valence-corrected chi connectivity index (χ1v) is 15.5. The van der Waals surface area contributed by atoms with Gasteiger partial charge in [-0.1, -0.05) is 54.6 Å². The summed E-state index contributed by atoms with van der Waals surface area (Å²) in [5.74, 6) is -1.03. The molecule has 0 aromatic heterocycles. The largest absolute Gasteiger partial charge is 0.481 e. The summed E-state index contributed by atoms with van der Waals surface area (Å²) in [6.45, 7) is 3.84. The van der Waals surface area contributed by atoms with Gasteiger partial charge in [-0.05, 0) is 74.4 Å². The molecule has 234 valence electrons. The fourth-order valence-corrected chi connectivity index (χ4v) is 6.19. The minimum atomic E-state index is -4.71. The molecule has 11 heteroatoms. The van der Waals surface area contributed by atoms with Crippen LogP contribution in [0.2, 0.25) is 0 Å². The van der Waals surface area contributed by atoms with Crippen LogP contribution < -0.4 is 5.32 Å². The Labute approximate surface area is 251 Å². The third-order valence-corrected chi connectivity index (χ3v) is 9.14. The molecule has 0 aliphatic heterocycles. The van der Waals surface area contributed by atoms with E-state index in [0.29, 0.717) is 11.6 Å². The number of nitrogens with zero attached hydrogens (tertiary/aromatic N) is 1. The lowest BCUT2D eigenvalue weighted by Gasteiger charge is -2.29. The van der Waals surface area contributed by atoms with Crippen molar-refractivity contribution in [2.24, 2.45) is 0 Å². The number of aliphatic hydroxyl groups excluding tert-OH is 1. The SMILES string of the molecule is CN(C[C@H](O)CNC(C)(C)CCCc1ccccc1)S(=O)(=O)c1ccc(C(F)(F)F)cc1-c1cccc(CCC(=O)O)c1. The number of carbonyl (C=O) groups is 1. The lowest BCUT2D eigenvalue weighted by molar-refractivity contribution is -0.138. The Morgan fingerprint density at radius 3 is 2.28 bits per heavy atom. The minimum absolute atomic E-state index is 0.115. The van der Waals surface area contributed by atoms with Crippen molar-refractivity contribution in [3.63, 3.8) is 0 Å². The maximum atomic E-state index is 13.6. The number of rotatable bonds is 15. The Hall–Kier alpha value is -3.25. The second-order valence-electron chi connectivity index (χ2n) is 11.3. The van der Waals surface area contributed by atoms with Crippen LogP contribution in [0.3, 0.4) is 0 Å². The average molecular weight is 621 g/mol. The van der Waals surface area contributed by atoms with Crippen LogP contribution in [0.5, 0.6) is 0 Å². The normalized spacial score (nSPS) is 13.3. The zero-order valence-corrected chi connectivity index (χ0v) is 25.4. The van der Waals surface area contributed by atoms with E-state index in [-0.39, 0.29) is 47.5 Å². The van der Waals surface area contributed by atoms with Crippen molar-refractivity contribution in [2.75, 3.05) is 20.1 Å². The number of halogens is 3. The predicted molar refractivity (Wildman–Crippen MR) is 160 cm³/mol. The van der Waals surface area contributed by atoms with E-state index in [4.69, 9.17) is 5.11 Å². The van der Waals surface area contributed by atoms with Crippen LogP contribution in [0.4, 0.5) is 13.2 Å². The quantitative estimate of drug-likeness (QED) is 0.200. The van der Waals surface area contributed by atoms with Gasteiger partial charge in [0.05, 0.1) is 16.6 Å². The summed E-state index contributed by atoms with van der Waals surface area (Å²) in [4.78, 5) is 10.7. The van der Waals surface area contributed by atoms with Crippen LogP contribution in [-0.2, 0) is 33.8 Å². The predicted octanol–water partition coefficient (Wildman–Crippen LogP) is 5.76. The number of benzene rings is 3. The molecule has 0 aliphatic carbocycles. The number of aliphatic hydroxyl groups is 1. The van der Waals surface area contributed by atoms with Crippen molar-refractivity contribution < 1.29 is 36.6 Å². The Balaban J connectivity index is 1.75. The summed E-state index contributed by atoms with van der Waals surface area (Å²) < 4.78 is 69.0. The molecule has 7 nitrogen and oxygen atoms in total. The van der Waals surface area contributed by atoms with Gasteiger partial charge in [0.25, 0.3) is 0 Å². The van der Waals surface area contributed by atoms with Gasteiger partial charge in [-0.3, -0.25) is 4.79 Å². The molecular weight excluding hydrogens is 581 g/mol. The van der Waals surface area contributed by atoms with Crippen LogP contribution in [0.25, 0.3) is 11.1 Å². The Morgan fingerprint density at radius 2 is 1.63 bits per heavy atom. The first-order chi connectivity index (χ1) is 20.1. The average Bonchev–Trinajstić information content (AvgIpc) is 2.95. The van der Waals surface area contributed by atoms with E-state index in [1.165, 1.54) is 24.7 Å². The number of β-amino-alcohol motifs (C(OH)–C–C–N with tert-alkyl or cyclic N) is 1. The lowest BCUT2D eigenvalue weighted by atomic mass is 9.95. The number of sulfonamides is 1. The zero-order valence-electron chi connectivity index (χ0n) is 24.6. The van der Waals surface area contributed by atoms with Crippen LogP contribution in [0, 0.1) is 0 Å². The van der Waals surface area contributed by atoms with Gasteiger partial charge >= 0.3 is 12.1 Å².